The summed E-state index contributed by atoms with van der Waals surface area (Å²) in [6, 6.07) is 0. The van der Waals surface area contributed by atoms with Crippen LogP contribution in [-0.2, 0) is 9.47 Å². The lowest BCUT2D eigenvalue weighted by molar-refractivity contribution is -0.0483. The molecule has 0 aromatic carbocycles. The Morgan fingerprint density at radius 3 is 2.25 bits per heavy atom. The van der Waals surface area contributed by atoms with E-state index in [2.05, 4.69) is 6.92 Å². The van der Waals surface area contributed by atoms with E-state index < -0.39 is 0 Å². The molecule has 2 aliphatic carbocycles. The Kier molecular flexibility index (Phi) is 5.11. The second kappa shape index (κ2) is 6.61. The van der Waals surface area contributed by atoms with E-state index in [4.69, 9.17) is 9.47 Å². The molecule has 2 fully saturated rings. The molecule has 1 atom stereocenters. The molecule has 2 nitrogen and oxygen atoms in total. The highest BCUT2D eigenvalue weighted by atomic mass is 16.5. The van der Waals surface area contributed by atoms with Gasteiger partial charge in [-0.15, -0.1) is 0 Å². The van der Waals surface area contributed by atoms with Crippen molar-refractivity contribution in [3.63, 3.8) is 0 Å². The van der Waals surface area contributed by atoms with E-state index in [9.17, 15) is 0 Å². The van der Waals surface area contributed by atoms with Crippen molar-refractivity contribution in [2.75, 3.05) is 6.61 Å². The van der Waals surface area contributed by atoms with E-state index in [1.807, 2.05) is 0 Å². The third-order valence-electron chi connectivity index (χ3n) is 3.89. The maximum Gasteiger partial charge on any atom is 0.0578 e. The van der Waals surface area contributed by atoms with Gasteiger partial charge >= 0.3 is 0 Å². The molecule has 0 radical (unpaired) electrons. The summed E-state index contributed by atoms with van der Waals surface area (Å²) in [5.41, 5.74) is 0. The molecule has 0 N–H and O–H groups in total. The molecule has 2 saturated carbocycles. The standard InChI is InChI=1S/C14H26O2/c1-12(16-14-9-5-10-14)6-2-3-11-15-13-7-4-8-13/h12-14H,2-11H2,1H3. The lowest BCUT2D eigenvalue weighted by atomic mass is 9.96. The van der Waals surface area contributed by atoms with Gasteiger partial charge < -0.3 is 9.47 Å². The highest BCUT2D eigenvalue weighted by molar-refractivity contribution is 4.71. The molecule has 94 valence electrons. The van der Waals surface area contributed by atoms with Crippen molar-refractivity contribution >= 4 is 0 Å². The van der Waals surface area contributed by atoms with Crippen LogP contribution in [0.5, 0.6) is 0 Å². The van der Waals surface area contributed by atoms with E-state index in [-0.39, 0.29) is 0 Å². The zero-order valence-electron chi connectivity index (χ0n) is 10.6. The zero-order valence-corrected chi connectivity index (χ0v) is 10.6. The summed E-state index contributed by atoms with van der Waals surface area (Å²) >= 11 is 0. The Morgan fingerprint density at radius 1 is 1.00 bits per heavy atom. The van der Waals surface area contributed by atoms with Gasteiger partial charge in [0.25, 0.3) is 0 Å². The van der Waals surface area contributed by atoms with Gasteiger partial charge in [0.2, 0.25) is 0 Å². The first-order valence-corrected chi connectivity index (χ1v) is 7.11. The average Bonchev–Trinajstić information content (AvgIpc) is 2.14. The Hall–Kier alpha value is -0.0800. The second-order valence-electron chi connectivity index (χ2n) is 5.42. The van der Waals surface area contributed by atoms with Crippen LogP contribution in [0.15, 0.2) is 0 Å². The SMILES string of the molecule is CC(CCCCOC1CCC1)OC1CCC1. The maximum absolute atomic E-state index is 5.91. The molecule has 0 heterocycles. The summed E-state index contributed by atoms with van der Waals surface area (Å²) in [4.78, 5) is 0. The molecule has 2 aliphatic rings. The van der Waals surface area contributed by atoms with Crippen LogP contribution in [0.2, 0.25) is 0 Å². The van der Waals surface area contributed by atoms with E-state index in [0.717, 1.165) is 6.61 Å². The number of ether oxygens (including phenoxy) is 2. The summed E-state index contributed by atoms with van der Waals surface area (Å²) in [6.45, 7) is 3.17. The average molecular weight is 226 g/mol. The molecule has 2 rings (SSSR count). The summed E-state index contributed by atoms with van der Waals surface area (Å²) in [5.74, 6) is 0. The number of hydrogen-bond donors (Lipinski definition) is 0. The van der Waals surface area contributed by atoms with Gasteiger partial charge in [0.05, 0.1) is 18.3 Å². The van der Waals surface area contributed by atoms with Crippen LogP contribution < -0.4 is 0 Å². The smallest absolute Gasteiger partial charge is 0.0578 e. The van der Waals surface area contributed by atoms with E-state index in [1.165, 1.54) is 57.8 Å². The molecule has 0 aliphatic heterocycles. The Balaban J connectivity index is 1.38. The fourth-order valence-corrected chi connectivity index (χ4v) is 2.22. The minimum atomic E-state index is 0.453. The maximum atomic E-state index is 5.91. The molecule has 0 saturated heterocycles. The van der Waals surface area contributed by atoms with Crippen molar-refractivity contribution in [1.29, 1.82) is 0 Å². The predicted octanol–water partition coefficient (Wildman–Crippen LogP) is 3.68. The largest absolute Gasteiger partial charge is 0.378 e. The Bertz CT molecular complexity index is 185. The Morgan fingerprint density at radius 2 is 1.69 bits per heavy atom. The normalized spacial score (nSPS) is 23.8. The van der Waals surface area contributed by atoms with Crippen LogP contribution in [0.3, 0.4) is 0 Å². The van der Waals surface area contributed by atoms with Crippen molar-refractivity contribution in [2.24, 2.45) is 0 Å². The quantitative estimate of drug-likeness (QED) is 0.588. The first-order chi connectivity index (χ1) is 7.84. The van der Waals surface area contributed by atoms with E-state index >= 15 is 0 Å². The van der Waals surface area contributed by atoms with Crippen molar-refractivity contribution in [3.05, 3.63) is 0 Å². The zero-order chi connectivity index (χ0) is 11.2. The highest BCUT2D eigenvalue weighted by Crippen LogP contribution is 2.25. The molecule has 1 unspecified atom stereocenters. The van der Waals surface area contributed by atoms with Gasteiger partial charge in [-0.2, -0.15) is 0 Å². The second-order valence-corrected chi connectivity index (χ2v) is 5.42. The number of unbranched alkanes of at least 4 members (excludes halogenated alkanes) is 1. The van der Waals surface area contributed by atoms with E-state index in [0.29, 0.717) is 18.3 Å². The lowest BCUT2D eigenvalue weighted by Gasteiger charge is -2.29. The van der Waals surface area contributed by atoms with Gasteiger partial charge in [0.15, 0.2) is 0 Å². The van der Waals surface area contributed by atoms with Crippen LogP contribution in [0.4, 0.5) is 0 Å². The molecule has 16 heavy (non-hydrogen) atoms. The van der Waals surface area contributed by atoms with Crippen LogP contribution in [0.25, 0.3) is 0 Å². The third-order valence-corrected chi connectivity index (χ3v) is 3.89. The third kappa shape index (κ3) is 4.06. The number of rotatable bonds is 8. The van der Waals surface area contributed by atoms with Crippen LogP contribution >= 0.6 is 0 Å². The fraction of sp³-hybridized carbons (Fsp3) is 1.00. The van der Waals surface area contributed by atoms with Crippen molar-refractivity contribution < 1.29 is 9.47 Å². The minimum Gasteiger partial charge on any atom is -0.378 e. The summed E-state index contributed by atoms with van der Waals surface area (Å²) < 4.78 is 11.6. The molecular weight excluding hydrogens is 200 g/mol. The first kappa shape index (κ1) is 12.4. The molecular formula is C14H26O2. The van der Waals surface area contributed by atoms with Gasteiger partial charge in [-0.25, -0.2) is 0 Å². The van der Waals surface area contributed by atoms with E-state index in [1.54, 1.807) is 0 Å². The summed E-state index contributed by atoms with van der Waals surface area (Å²) in [5, 5.41) is 0. The van der Waals surface area contributed by atoms with Crippen LogP contribution in [0.1, 0.15) is 64.7 Å². The molecule has 0 aromatic heterocycles. The van der Waals surface area contributed by atoms with Gasteiger partial charge in [0.1, 0.15) is 0 Å². The summed E-state index contributed by atoms with van der Waals surface area (Å²) in [6.07, 6.45) is 13.2. The molecule has 0 amide bonds. The van der Waals surface area contributed by atoms with Gasteiger partial charge in [-0.3, -0.25) is 0 Å². The van der Waals surface area contributed by atoms with Crippen LogP contribution in [-0.4, -0.2) is 24.9 Å². The van der Waals surface area contributed by atoms with Gasteiger partial charge in [-0.1, -0.05) is 0 Å². The van der Waals surface area contributed by atoms with Crippen LogP contribution in [0, 0.1) is 0 Å². The topological polar surface area (TPSA) is 18.5 Å². The fourth-order valence-electron chi connectivity index (χ4n) is 2.22. The predicted molar refractivity (Wildman–Crippen MR) is 65.6 cm³/mol. The molecule has 0 spiro atoms. The van der Waals surface area contributed by atoms with Crippen molar-refractivity contribution in [1.82, 2.24) is 0 Å². The molecule has 0 bridgehead atoms. The van der Waals surface area contributed by atoms with Crippen molar-refractivity contribution in [2.45, 2.75) is 83.0 Å². The Labute approximate surface area is 99.7 Å². The summed E-state index contributed by atoms with van der Waals surface area (Å²) in [7, 11) is 0. The lowest BCUT2D eigenvalue weighted by Crippen LogP contribution is -2.26. The van der Waals surface area contributed by atoms with Gasteiger partial charge in [-0.05, 0) is 64.7 Å². The molecule has 2 heteroatoms. The highest BCUT2D eigenvalue weighted by Gasteiger charge is 2.20. The van der Waals surface area contributed by atoms with Gasteiger partial charge in [0, 0.05) is 6.61 Å². The number of hydrogen-bond acceptors (Lipinski definition) is 2. The minimum absolute atomic E-state index is 0.453. The monoisotopic (exact) mass is 226 g/mol. The molecule has 0 aromatic rings. The first-order valence-electron chi connectivity index (χ1n) is 7.11. The van der Waals surface area contributed by atoms with Crippen molar-refractivity contribution in [3.8, 4) is 0 Å².